The fourth-order valence-corrected chi connectivity index (χ4v) is 4.07. The SMILES string of the molecule is CC(C)n1cnnc1CN1C[C@@H]2c3ccccc3OC[C@]2(C(=O)O)C1. The van der Waals surface area contributed by atoms with Crippen LogP contribution in [0.25, 0.3) is 0 Å². The molecule has 4 rings (SSSR count). The Morgan fingerprint density at radius 3 is 3.00 bits per heavy atom. The molecule has 0 spiro atoms. The van der Waals surface area contributed by atoms with Gasteiger partial charge in [-0.15, -0.1) is 10.2 Å². The molecule has 2 aliphatic rings. The van der Waals surface area contributed by atoms with Gasteiger partial charge < -0.3 is 14.4 Å². The van der Waals surface area contributed by atoms with Gasteiger partial charge in [0.15, 0.2) is 0 Å². The molecule has 0 aliphatic carbocycles. The Kier molecular flexibility index (Phi) is 3.76. The summed E-state index contributed by atoms with van der Waals surface area (Å²) in [6.07, 6.45) is 1.73. The van der Waals surface area contributed by atoms with E-state index >= 15 is 0 Å². The second-order valence-electron chi connectivity index (χ2n) is 7.26. The summed E-state index contributed by atoms with van der Waals surface area (Å²) >= 11 is 0. The maximum atomic E-state index is 12.2. The predicted octanol–water partition coefficient (Wildman–Crippen LogP) is 1.92. The molecule has 1 aromatic heterocycles. The molecule has 0 bridgehead atoms. The van der Waals surface area contributed by atoms with Gasteiger partial charge in [0.25, 0.3) is 0 Å². The molecule has 25 heavy (non-hydrogen) atoms. The first-order valence-electron chi connectivity index (χ1n) is 8.57. The number of nitrogens with zero attached hydrogens (tertiary/aromatic N) is 4. The van der Waals surface area contributed by atoms with Crippen LogP contribution in [0, 0.1) is 5.41 Å². The number of fused-ring (bicyclic) bond motifs is 3. The summed E-state index contributed by atoms with van der Waals surface area (Å²) in [4.78, 5) is 14.3. The number of aromatic nitrogens is 3. The van der Waals surface area contributed by atoms with E-state index < -0.39 is 11.4 Å². The molecule has 1 saturated heterocycles. The molecule has 2 aromatic rings. The van der Waals surface area contributed by atoms with Gasteiger partial charge in [-0.1, -0.05) is 18.2 Å². The minimum absolute atomic E-state index is 0.0784. The van der Waals surface area contributed by atoms with Crippen molar-refractivity contribution >= 4 is 5.97 Å². The number of carboxylic acids is 1. The highest BCUT2D eigenvalue weighted by molar-refractivity contribution is 5.78. The highest BCUT2D eigenvalue weighted by atomic mass is 16.5. The molecule has 2 aliphatic heterocycles. The van der Waals surface area contributed by atoms with E-state index in [1.165, 1.54) is 0 Å². The summed E-state index contributed by atoms with van der Waals surface area (Å²) < 4.78 is 7.83. The Morgan fingerprint density at radius 1 is 1.44 bits per heavy atom. The van der Waals surface area contributed by atoms with E-state index in [9.17, 15) is 9.90 Å². The minimum Gasteiger partial charge on any atom is -0.492 e. The van der Waals surface area contributed by atoms with E-state index in [1.807, 2.05) is 28.8 Å². The van der Waals surface area contributed by atoms with Crippen LogP contribution >= 0.6 is 0 Å². The van der Waals surface area contributed by atoms with Crippen molar-refractivity contribution in [3.8, 4) is 5.75 Å². The van der Waals surface area contributed by atoms with Gasteiger partial charge in [0.05, 0.1) is 6.54 Å². The van der Waals surface area contributed by atoms with Crippen molar-refractivity contribution in [2.24, 2.45) is 5.41 Å². The van der Waals surface area contributed by atoms with Crippen LogP contribution in [-0.2, 0) is 11.3 Å². The maximum Gasteiger partial charge on any atom is 0.315 e. The topological polar surface area (TPSA) is 80.5 Å². The highest BCUT2D eigenvalue weighted by Gasteiger charge is 2.56. The first kappa shape index (κ1) is 16.1. The van der Waals surface area contributed by atoms with Gasteiger partial charge in [0.2, 0.25) is 0 Å². The Balaban J connectivity index is 1.65. The van der Waals surface area contributed by atoms with Crippen LogP contribution in [0.3, 0.4) is 0 Å². The predicted molar refractivity (Wildman–Crippen MR) is 90.4 cm³/mol. The lowest BCUT2D eigenvalue weighted by Gasteiger charge is -2.35. The first-order valence-corrected chi connectivity index (χ1v) is 8.57. The Labute approximate surface area is 146 Å². The summed E-state index contributed by atoms with van der Waals surface area (Å²) in [5.41, 5.74) is 0.0841. The number of hydrogen-bond acceptors (Lipinski definition) is 5. The van der Waals surface area contributed by atoms with E-state index in [1.54, 1.807) is 6.33 Å². The molecule has 0 unspecified atom stereocenters. The monoisotopic (exact) mass is 342 g/mol. The lowest BCUT2D eigenvalue weighted by Crippen LogP contribution is -2.45. The standard InChI is InChI=1S/C18H22N4O3/c1-12(2)22-11-19-20-16(22)8-21-7-14-13-5-3-4-6-15(13)25-10-18(14,9-21)17(23)24/h3-6,11-12,14H,7-10H2,1-2H3,(H,23,24)/t14-,18-/m1/s1. The second kappa shape index (κ2) is 5.84. The van der Waals surface area contributed by atoms with Gasteiger partial charge in [-0.2, -0.15) is 0 Å². The van der Waals surface area contributed by atoms with Crippen molar-refractivity contribution in [2.75, 3.05) is 19.7 Å². The summed E-state index contributed by atoms with van der Waals surface area (Å²) in [5.74, 6) is 0.796. The molecule has 2 atom stereocenters. The fourth-order valence-electron chi connectivity index (χ4n) is 4.07. The molecule has 3 heterocycles. The molecule has 1 N–H and O–H groups in total. The van der Waals surface area contributed by atoms with Crippen LogP contribution in [0.4, 0.5) is 0 Å². The van der Waals surface area contributed by atoms with Crippen LogP contribution in [0.2, 0.25) is 0 Å². The molecular weight excluding hydrogens is 320 g/mol. The molecule has 7 heteroatoms. The van der Waals surface area contributed by atoms with E-state index in [4.69, 9.17) is 4.74 Å². The number of carbonyl (C=O) groups is 1. The second-order valence-corrected chi connectivity index (χ2v) is 7.26. The van der Waals surface area contributed by atoms with E-state index in [0.29, 0.717) is 19.6 Å². The highest BCUT2D eigenvalue weighted by Crippen LogP contribution is 2.49. The number of benzene rings is 1. The van der Waals surface area contributed by atoms with Gasteiger partial charge in [0, 0.05) is 25.0 Å². The molecule has 1 fully saturated rings. The van der Waals surface area contributed by atoms with E-state index in [0.717, 1.165) is 17.1 Å². The first-order chi connectivity index (χ1) is 12.0. The quantitative estimate of drug-likeness (QED) is 0.914. The van der Waals surface area contributed by atoms with Gasteiger partial charge in [-0.05, 0) is 25.5 Å². The number of aliphatic carboxylic acids is 1. The zero-order valence-corrected chi connectivity index (χ0v) is 14.4. The van der Waals surface area contributed by atoms with Crippen molar-refractivity contribution in [3.63, 3.8) is 0 Å². The molecule has 0 saturated carbocycles. The summed E-state index contributed by atoms with van der Waals surface area (Å²) in [6.45, 7) is 6.09. The van der Waals surface area contributed by atoms with Crippen molar-refractivity contribution in [3.05, 3.63) is 42.0 Å². The number of ether oxygens (including phenoxy) is 1. The number of likely N-dealkylation sites (tertiary alicyclic amines) is 1. The molecule has 0 radical (unpaired) electrons. The number of carboxylic acid groups (broad SMARTS) is 1. The fraction of sp³-hybridized carbons (Fsp3) is 0.500. The Hall–Kier alpha value is -2.41. The number of hydrogen-bond donors (Lipinski definition) is 1. The summed E-state index contributed by atoms with van der Waals surface area (Å²) in [6, 6.07) is 8.03. The zero-order valence-electron chi connectivity index (χ0n) is 14.4. The third kappa shape index (κ3) is 2.50. The summed E-state index contributed by atoms with van der Waals surface area (Å²) in [5, 5.41) is 18.2. The third-order valence-electron chi connectivity index (χ3n) is 5.39. The van der Waals surface area contributed by atoms with Crippen LogP contribution in [0.5, 0.6) is 5.75 Å². The molecule has 132 valence electrons. The lowest BCUT2D eigenvalue weighted by atomic mass is 9.73. The molecule has 7 nitrogen and oxygen atoms in total. The zero-order chi connectivity index (χ0) is 17.6. The number of para-hydroxylation sites is 1. The van der Waals surface area contributed by atoms with Crippen molar-refractivity contribution < 1.29 is 14.6 Å². The van der Waals surface area contributed by atoms with Crippen LogP contribution in [0.15, 0.2) is 30.6 Å². The Bertz CT molecular complexity index is 803. The Morgan fingerprint density at radius 2 is 2.24 bits per heavy atom. The van der Waals surface area contributed by atoms with Gasteiger partial charge >= 0.3 is 5.97 Å². The van der Waals surface area contributed by atoms with Crippen LogP contribution in [-0.4, -0.2) is 50.4 Å². The molecule has 1 aromatic carbocycles. The maximum absolute atomic E-state index is 12.2. The molecular formula is C18H22N4O3. The van der Waals surface area contributed by atoms with Crippen LogP contribution in [0.1, 0.15) is 37.2 Å². The largest absolute Gasteiger partial charge is 0.492 e. The average Bonchev–Trinajstić information content (AvgIpc) is 3.20. The van der Waals surface area contributed by atoms with E-state index in [2.05, 4.69) is 28.9 Å². The normalized spacial score (nSPS) is 25.5. The molecule has 0 amide bonds. The lowest BCUT2D eigenvalue weighted by molar-refractivity contribution is -0.151. The van der Waals surface area contributed by atoms with Crippen molar-refractivity contribution in [1.82, 2.24) is 19.7 Å². The van der Waals surface area contributed by atoms with Crippen molar-refractivity contribution in [1.29, 1.82) is 0 Å². The smallest absolute Gasteiger partial charge is 0.315 e. The van der Waals surface area contributed by atoms with Gasteiger partial charge in [-0.3, -0.25) is 9.69 Å². The number of rotatable bonds is 4. The van der Waals surface area contributed by atoms with Crippen molar-refractivity contribution in [2.45, 2.75) is 32.4 Å². The minimum atomic E-state index is -0.906. The van der Waals surface area contributed by atoms with Gasteiger partial charge in [0.1, 0.15) is 29.9 Å². The van der Waals surface area contributed by atoms with Gasteiger partial charge in [-0.25, -0.2) is 0 Å². The van der Waals surface area contributed by atoms with E-state index in [-0.39, 0.29) is 18.6 Å². The third-order valence-corrected chi connectivity index (χ3v) is 5.39. The summed E-state index contributed by atoms with van der Waals surface area (Å²) in [7, 11) is 0. The van der Waals surface area contributed by atoms with Crippen LogP contribution < -0.4 is 4.74 Å². The average molecular weight is 342 g/mol.